The van der Waals surface area contributed by atoms with Gasteiger partial charge in [-0.25, -0.2) is 4.79 Å². The number of carbonyl (C=O) groups is 3. The van der Waals surface area contributed by atoms with E-state index in [1.807, 2.05) is 0 Å². The summed E-state index contributed by atoms with van der Waals surface area (Å²) in [5.74, 6) is 0.00944. The first-order valence-corrected chi connectivity index (χ1v) is 8.67. The fraction of sp³-hybridized carbons (Fsp3) is 0.526. The van der Waals surface area contributed by atoms with E-state index in [0.717, 1.165) is 25.5 Å². The maximum atomic E-state index is 12.2. The molecule has 1 amide bonds. The van der Waals surface area contributed by atoms with Gasteiger partial charge in [-0.2, -0.15) is 0 Å². The van der Waals surface area contributed by atoms with Gasteiger partial charge in [-0.1, -0.05) is 19.8 Å². The van der Waals surface area contributed by atoms with E-state index in [9.17, 15) is 14.4 Å². The van der Waals surface area contributed by atoms with E-state index < -0.39 is 12.1 Å². The molecule has 25 heavy (non-hydrogen) atoms. The number of benzene rings is 1. The largest absolute Gasteiger partial charge is 0.482 e. The number of nitrogens with one attached hydrogen (secondary N) is 1. The molecule has 0 aliphatic heterocycles. The zero-order valence-corrected chi connectivity index (χ0v) is 14.7. The Morgan fingerprint density at radius 1 is 1.24 bits per heavy atom. The molecule has 6 nitrogen and oxygen atoms in total. The minimum atomic E-state index is -0.859. The van der Waals surface area contributed by atoms with Crippen LogP contribution in [0, 0.1) is 5.92 Å². The number of rotatable bonds is 7. The van der Waals surface area contributed by atoms with Gasteiger partial charge in [0.25, 0.3) is 5.91 Å². The molecule has 1 N–H and O–H groups in total. The van der Waals surface area contributed by atoms with Crippen molar-refractivity contribution in [2.24, 2.45) is 5.92 Å². The molecular formula is C19H25NO5. The van der Waals surface area contributed by atoms with E-state index in [-0.39, 0.29) is 18.6 Å². The molecule has 6 heteroatoms. The first-order chi connectivity index (χ1) is 12.0. The fourth-order valence-electron chi connectivity index (χ4n) is 2.90. The summed E-state index contributed by atoms with van der Waals surface area (Å²) in [5, 5.41) is 2.97. The summed E-state index contributed by atoms with van der Waals surface area (Å²) < 4.78 is 10.4. The van der Waals surface area contributed by atoms with Gasteiger partial charge >= 0.3 is 5.97 Å². The third-order valence-corrected chi connectivity index (χ3v) is 4.49. The first kappa shape index (κ1) is 19.0. The van der Waals surface area contributed by atoms with Crippen molar-refractivity contribution in [1.82, 2.24) is 5.32 Å². The lowest BCUT2D eigenvalue weighted by molar-refractivity contribution is -0.157. The molecule has 3 atom stereocenters. The summed E-state index contributed by atoms with van der Waals surface area (Å²) in [6, 6.07) is 6.52. The minimum Gasteiger partial charge on any atom is -0.482 e. The second-order valence-electron chi connectivity index (χ2n) is 6.48. The van der Waals surface area contributed by atoms with Gasteiger partial charge in [0.1, 0.15) is 12.0 Å². The number of hydrogen-bond acceptors (Lipinski definition) is 5. The third-order valence-electron chi connectivity index (χ3n) is 4.49. The Morgan fingerprint density at radius 2 is 1.92 bits per heavy atom. The minimum absolute atomic E-state index is 0.148. The summed E-state index contributed by atoms with van der Waals surface area (Å²) >= 11 is 0. The molecule has 2 rings (SSSR count). The van der Waals surface area contributed by atoms with Crippen LogP contribution in [0.1, 0.15) is 49.9 Å². The van der Waals surface area contributed by atoms with E-state index in [1.165, 1.54) is 6.42 Å². The van der Waals surface area contributed by atoms with Crippen LogP contribution in [0.15, 0.2) is 24.3 Å². The van der Waals surface area contributed by atoms with E-state index in [0.29, 0.717) is 17.2 Å². The number of ether oxygens (including phenoxy) is 2. The van der Waals surface area contributed by atoms with Gasteiger partial charge in [0.05, 0.1) is 0 Å². The van der Waals surface area contributed by atoms with E-state index in [4.69, 9.17) is 9.47 Å². The zero-order chi connectivity index (χ0) is 18.2. The molecule has 0 saturated heterocycles. The van der Waals surface area contributed by atoms with Crippen molar-refractivity contribution < 1.29 is 23.9 Å². The van der Waals surface area contributed by atoms with Gasteiger partial charge in [0, 0.05) is 11.6 Å². The van der Waals surface area contributed by atoms with Crippen LogP contribution < -0.4 is 10.1 Å². The number of esters is 1. The molecule has 1 aliphatic carbocycles. The van der Waals surface area contributed by atoms with Crippen LogP contribution in [0.4, 0.5) is 0 Å². The van der Waals surface area contributed by atoms with Crippen LogP contribution in [-0.2, 0) is 14.3 Å². The SMILES string of the molecule is C[C@@H](OC(=O)COc1ccc(C=O)cc1)C(=O)N[C@H]1CCCC[C@@H]1C. The zero-order valence-electron chi connectivity index (χ0n) is 14.7. The van der Waals surface area contributed by atoms with Crippen molar-refractivity contribution in [2.75, 3.05) is 6.61 Å². The molecule has 0 unspecified atom stereocenters. The van der Waals surface area contributed by atoms with Gasteiger partial charge in [-0.3, -0.25) is 9.59 Å². The standard InChI is InChI=1S/C19H25NO5/c1-13-5-3-4-6-17(13)20-19(23)14(2)25-18(22)12-24-16-9-7-15(11-21)8-10-16/h7-11,13-14,17H,3-6,12H2,1-2H3,(H,20,23)/t13-,14+,17-/m0/s1. The van der Waals surface area contributed by atoms with Gasteiger partial charge in [-0.05, 0) is 49.9 Å². The Labute approximate surface area is 147 Å². The van der Waals surface area contributed by atoms with Crippen LogP contribution in [-0.4, -0.2) is 36.9 Å². The Kier molecular flexibility index (Phi) is 6.98. The summed E-state index contributed by atoms with van der Waals surface area (Å²) in [4.78, 5) is 34.6. The average Bonchev–Trinajstić information content (AvgIpc) is 2.62. The summed E-state index contributed by atoms with van der Waals surface area (Å²) in [5.41, 5.74) is 0.525. The molecule has 0 spiro atoms. The van der Waals surface area contributed by atoms with E-state index in [2.05, 4.69) is 12.2 Å². The monoisotopic (exact) mass is 347 g/mol. The lowest BCUT2D eigenvalue weighted by atomic mass is 9.86. The third kappa shape index (κ3) is 5.89. The molecule has 0 heterocycles. The Morgan fingerprint density at radius 3 is 2.56 bits per heavy atom. The lowest BCUT2D eigenvalue weighted by Gasteiger charge is -2.30. The summed E-state index contributed by atoms with van der Waals surface area (Å²) in [6.45, 7) is 3.39. The fourth-order valence-corrected chi connectivity index (χ4v) is 2.90. The molecular weight excluding hydrogens is 322 g/mol. The highest BCUT2D eigenvalue weighted by atomic mass is 16.6. The quantitative estimate of drug-likeness (QED) is 0.605. The van der Waals surface area contributed by atoms with Crippen molar-refractivity contribution >= 4 is 18.2 Å². The van der Waals surface area contributed by atoms with Crippen molar-refractivity contribution in [2.45, 2.75) is 51.7 Å². The van der Waals surface area contributed by atoms with Crippen molar-refractivity contribution in [3.05, 3.63) is 29.8 Å². The van der Waals surface area contributed by atoms with E-state index in [1.54, 1.807) is 31.2 Å². The highest BCUT2D eigenvalue weighted by molar-refractivity contribution is 5.84. The normalized spacial score (nSPS) is 21.0. The predicted octanol–water partition coefficient (Wildman–Crippen LogP) is 2.50. The second-order valence-corrected chi connectivity index (χ2v) is 6.48. The second kappa shape index (κ2) is 9.20. The molecule has 136 valence electrons. The van der Waals surface area contributed by atoms with Gasteiger partial charge in [-0.15, -0.1) is 0 Å². The maximum absolute atomic E-state index is 12.2. The maximum Gasteiger partial charge on any atom is 0.344 e. The molecule has 0 bridgehead atoms. The molecule has 0 radical (unpaired) electrons. The number of amides is 1. The number of aldehydes is 1. The first-order valence-electron chi connectivity index (χ1n) is 8.67. The average molecular weight is 347 g/mol. The highest BCUT2D eigenvalue weighted by Crippen LogP contribution is 2.23. The predicted molar refractivity (Wildman–Crippen MR) is 92.4 cm³/mol. The van der Waals surface area contributed by atoms with Crippen LogP contribution in [0.3, 0.4) is 0 Å². The molecule has 1 fully saturated rings. The molecule has 1 aromatic rings. The van der Waals surface area contributed by atoms with E-state index >= 15 is 0 Å². The Balaban J connectivity index is 1.74. The lowest BCUT2D eigenvalue weighted by Crippen LogP contribution is -2.46. The molecule has 1 saturated carbocycles. The summed E-state index contributed by atoms with van der Waals surface area (Å²) in [6.07, 6.45) is 4.25. The van der Waals surface area contributed by atoms with Crippen LogP contribution in [0.2, 0.25) is 0 Å². The Bertz CT molecular complexity index is 598. The van der Waals surface area contributed by atoms with Crippen LogP contribution in [0.25, 0.3) is 0 Å². The van der Waals surface area contributed by atoms with Crippen molar-refractivity contribution in [3.8, 4) is 5.75 Å². The van der Waals surface area contributed by atoms with Gasteiger partial charge in [0.2, 0.25) is 0 Å². The van der Waals surface area contributed by atoms with Crippen LogP contribution >= 0.6 is 0 Å². The highest BCUT2D eigenvalue weighted by Gasteiger charge is 2.26. The van der Waals surface area contributed by atoms with Gasteiger partial charge in [0.15, 0.2) is 12.7 Å². The van der Waals surface area contributed by atoms with Crippen LogP contribution in [0.5, 0.6) is 5.75 Å². The smallest absolute Gasteiger partial charge is 0.344 e. The topological polar surface area (TPSA) is 81.7 Å². The molecule has 0 aromatic heterocycles. The number of carbonyl (C=O) groups excluding carboxylic acids is 3. The molecule has 1 aliphatic rings. The summed E-state index contributed by atoms with van der Waals surface area (Å²) in [7, 11) is 0. The van der Waals surface area contributed by atoms with Crippen molar-refractivity contribution in [3.63, 3.8) is 0 Å². The van der Waals surface area contributed by atoms with Crippen molar-refractivity contribution in [1.29, 1.82) is 0 Å². The Hall–Kier alpha value is -2.37. The molecule has 1 aromatic carbocycles. The number of hydrogen-bond donors (Lipinski definition) is 1. The van der Waals surface area contributed by atoms with Gasteiger partial charge < -0.3 is 14.8 Å².